The molecule has 1 unspecified atom stereocenters. The first-order valence-corrected chi connectivity index (χ1v) is 5.79. The number of carbonyl (C=O) groups is 2. The van der Waals surface area contributed by atoms with Gasteiger partial charge in [-0.15, -0.1) is 0 Å². The first kappa shape index (κ1) is 13.9. The van der Waals surface area contributed by atoms with E-state index in [0.29, 0.717) is 13.1 Å². The van der Waals surface area contributed by atoms with E-state index in [2.05, 4.69) is 5.32 Å². The van der Waals surface area contributed by atoms with Crippen molar-refractivity contribution >= 4 is 11.8 Å². The third-order valence-corrected chi connectivity index (χ3v) is 2.92. The summed E-state index contributed by atoms with van der Waals surface area (Å²) in [5, 5.41) is 3.19. The van der Waals surface area contributed by atoms with Gasteiger partial charge in [-0.2, -0.15) is 0 Å². The Labute approximate surface area is 103 Å². The SMILES string of the molecule is CN(C)C(=O)CN1CCNCC1C(=O)N(C)C. The minimum absolute atomic E-state index is 0.0310. The van der Waals surface area contributed by atoms with Crippen molar-refractivity contribution in [1.82, 2.24) is 20.0 Å². The number of piperazine rings is 1. The second kappa shape index (κ2) is 5.97. The van der Waals surface area contributed by atoms with Gasteiger partial charge in [0.1, 0.15) is 6.04 Å². The highest BCUT2D eigenvalue weighted by atomic mass is 16.2. The molecule has 0 saturated carbocycles. The molecule has 0 aromatic carbocycles. The molecule has 1 atom stereocenters. The summed E-state index contributed by atoms with van der Waals surface area (Å²) >= 11 is 0. The van der Waals surface area contributed by atoms with Gasteiger partial charge in [-0.25, -0.2) is 0 Å². The van der Waals surface area contributed by atoms with Crippen LogP contribution in [0.25, 0.3) is 0 Å². The molecule has 0 aliphatic carbocycles. The Morgan fingerprint density at radius 1 is 1.24 bits per heavy atom. The predicted molar refractivity (Wildman–Crippen MR) is 65.6 cm³/mol. The van der Waals surface area contributed by atoms with Gasteiger partial charge in [-0.3, -0.25) is 14.5 Å². The van der Waals surface area contributed by atoms with Crippen molar-refractivity contribution in [2.24, 2.45) is 0 Å². The van der Waals surface area contributed by atoms with E-state index in [9.17, 15) is 9.59 Å². The van der Waals surface area contributed by atoms with E-state index in [-0.39, 0.29) is 17.9 Å². The molecule has 98 valence electrons. The maximum absolute atomic E-state index is 12.0. The quantitative estimate of drug-likeness (QED) is 0.650. The van der Waals surface area contributed by atoms with Gasteiger partial charge in [-0.1, -0.05) is 0 Å². The predicted octanol–water partition coefficient (Wildman–Crippen LogP) is -1.56. The summed E-state index contributed by atoms with van der Waals surface area (Å²) in [4.78, 5) is 28.7. The van der Waals surface area contributed by atoms with Crippen molar-refractivity contribution in [2.45, 2.75) is 6.04 Å². The number of amides is 2. The average Bonchev–Trinajstić information content (AvgIpc) is 2.28. The molecule has 6 heteroatoms. The molecule has 2 amide bonds. The van der Waals surface area contributed by atoms with E-state index < -0.39 is 0 Å². The van der Waals surface area contributed by atoms with Gasteiger partial charge in [-0.05, 0) is 0 Å². The molecule has 0 aromatic heterocycles. The van der Waals surface area contributed by atoms with E-state index in [1.807, 2.05) is 4.90 Å². The van der Waals surface area contributed by atoms with Gasteiger partial charge in [0, 0.05) is 47.8 Å². The summed E-state index contributed by atoms with van der Waals surface area (Å²) in [6, 6.07) is -0.234. The number of hydrogen-bond donors (Lipinski definition) is 1. The zero-order valence-electron chi connectivity index (χ0n) is 11.1. The molecule has 1 saturated heterocycles. The van der Waals surface area contributed by atoms with E-state index in [4.69, 9.17) is 0 Å². The molecule has 0 bridgehead atoms. The number of nitrogens with zero attached hydrogens (tertiary/aromatic N) is 3. The Bertz CT molecular complexity index is 291. The summed E-state index contributed by atoms with van der Waals surface area (Å²) in [5.41, 5.74) is 0. The normalized spacial score (nSPS) is 21.1. The fourth-order valence-electron chi connectivity index (χ4n) is 1.79. The van der Waals surface area contributed by atoms with E-state index >= 15 is 0 Å². The third-order valence-electron chi connectivity index (χ3n) is 2.92. The first-order chi connectivity index (χ1) is 7.93. The highest BCUT2D eigenvalue weighted by Gasteiger charge is 2.30. The molecule has 17 heavy (non-hydrogen) atoms. The second-order valence-electron chi connectivity index (χ2n) is 4.71. The monoisotopic (exact) mass is 242 g/mol. The molecule has 1 heterocycles. The minimum Gasteiger partial charge on any atom is -0.348 e. The lowest BCUT2D eigenvalue weighted by molar-refractivity contribution is -0.138. The lowest BCUT2D eigenvalue weighted by Crippen LogP contribution is -2.59. The Hall–Kier alpha value is -1.14. The number of hydrogen-bond acceptors (Lipinski definition) is 4. The van der Waals surface area contributed by atoms with Gasteiger partial charge in [0.15, 0.2) is 0 Å². The first-order valence-electron chi connectivity index (χ1n) is 5.79. The Morgan fingerprint density at radius 2 is 1.88 bits per heavy atom. The number of likely N-dealkylation sites (N-methyl/N-ethyl adjacent to an activating group) is 2. The molecule has 1 aliphatic rings. The van der Waals surface area contributed by atoms with Gasteiger partial charge >= 0.3 is 0 Å². The maximum Gasteiger partial charge on any atom is 0.240 e. The van der Waals surface area contributed by atoms with Crippen LogP contribution in [0.1, 0.15) is 0 Å². The van der Waals surface area contributed by atoms with Crippen LogP contribution in [-0.2, 0) is 9.59 Å². The van der Waals surface area contributed by atoms with Crippen LogP contribution in [0.15, 0.2) is 0 Å². The molecular weight excluding hydrogens is 220 g/mol. The lowest BCUT2D eigenvalue weighted by Gasteiger charge is -2.36. The molecular formula is C11H22N4O2. The zero-order chi connectivity index (χ0) is 13.0. The summed E-state index contributed by atoms with van der Waals surface area (Å²) < 4.78 is 0. The smallest absolute Gasteiger partial charge is 0.240 e. The van der Waals surface area contributed by atoms with Crippen molar-refractivity contribution in [2.75, 3.05) is 54.4 Å². The van der Waals surface area contributed by atoms with Crippen LogP contribution in [0.4, 0.5) is 0 Å². The lowest BCUT2D eigenvalue weighted by atomic mass is 10.1. The van der Waals surface area contributed by atoms with E-state index in [1.54, 1.807) is 38.0 Å². The fourth-order valence-corrected chi connectivity index (χ4v) is 1.79. The van der Waals surface area contributed by atoms with Crippen LogP contribution in [0.2, 0.25) is 0 Å². The van der Waals surface area contributed by atoms with Crippen LogP contribution < -0.4 is 5.32 Å². The maximum atomic E-state index is 12.0. The van der Waals surface area contributed by atoms with Crippen LogP contribution in [0, 0.1) is 0 Å². The van der Waals surface area contributed by atoms with Gasteiger partial charge < -0.3 is 15.1 Å². The van der Waals surface area contributed by atoms with Crippen molar-refractivity contribution in [3.05, 3.63) is 0 Å². The summed E-state index contributed by atoms with van der Waals surface area (Å²) in [7, 11) is 6.94. The van der Waals surface area contributed by atoms with Crippen LogP contribution >= 0.6 is 0 Å². The average molecular weight is 242 g/mol. The number of rotatable bonds is 3. The summed E-state index contributed by atoms with van der Waals surface area (Å²) in [6.07, 6.45) is 0. The standard InChI is InChI=1S/C11H22N4O2/c1-13(2)10(16)8-15-6-5-12-7-9(15)11(17)14(3)4/h9,12H,5-8H2,1-4H3. The fraction of sp³-hybridized carbons (Fsp3) is 0.818. The molecule has 1 aliphatic heterocycles. The molecule has 0 radical (unpaired) electrons. The Kier molecular flexibility index (Phi) is 4.89. The van der Waals surface area contributed by atoms with E-state index in [1.165, 1.54) is 0 Å². The van der Waals surface area contributed by atoms with Crippen LogP contribution in [0.3, 0.4) is 0 Å². The van der Waals surface area contributed by atoms with Crippen molar-refractivity contribution in [3.63, 3.8) is 0 Å². The molecule has 1 rings (SSSR count). The highest BCUT2D eigenvalue weighted by Crippen LogP contribution is 2.06. The third kappa shape index (κ3) is 3.67. The number of carbonyl (C=O) groups excluding carboxylic acids is 2. The van der Waals surface area contributed by atoms with Crippen LogP contribution in [-0.4, -0.2) is 86.9 Å². The van der Waals surface area contributed by atoms with Crippen LogP contribution in [0.5, 0.6) is 0 Å². The molecule has 0 aromatic rings. The van der Waals surface area contributed by atoms with Crippen molar-refractivity contribution < 1.29 is 9.59 Å². The molecule has 1 fully saturated rings. The van der Waals surface area contributed by atoms with Crippen molar-refractivity contribution in [1.29, 1.82) is 0 Å². The van der Waals surface area contributed by atoms with E-state index in [0.717, 1.165) is 13.1 Å². The Morgan fingerprint density at radius 3 is 2.41 bits per heavy atom. The second-order valence-corrected chi connectivity index (χ2v) is 4.71. The van der Waals surface area contributed by atoms with Crippen molar-refractivity contribution in [3.8, 4) is 0 Å². The topological polar surface area (TPSA) is 55.9 Å². The Balaban J connectivity index is 2.66. The molecule has 6 nitrogen and oxygen atoms in total. The summed E-state index contributed by atoms with van der Waals surface area (Å²) in [6.45, 7) is 2.46. The van der Waals surface area contributed by atoms with Gasteiger partial charge in [0.2, 0.25) is 11.8 Å². The van der Waals surface area contributed by atoms with Gasteiger partial charge in [0.25, 0.3) is 0 Å². The molecule has 1 N–H and O–H groups in total. The zero-order valence-corrected chi connectivity index (χ0v) is 11.1. The number of nitrogens with one attached hydrogen (secondary N) is 1. The van der Waals surface area contributed by atoms with Gasteiger partial charge in [0.05, 0.1) is 6.54 Å². The largest absolute Gasteiger partial charge is 0.348 e. The minimum atomic E-state index is -0.234. The molecule has 0 spiro atoms. The highest BCUT2D eigenvalue weighted by molar-refractivity contribution is 5.83. The summed E-state index contributed by atoms with van der Waals surface area (Å²) in [5.74, 6) is 0.0761.